The first-order chi connectivity index (χ1) is 7.56. The Kier molecular flexibility index (Phi) is 2.46. The number of hydrogen-bond acceptors (Lipinski definition) is 3. The summed E-state index contributed by atoms with van der Waals surface area (Å²) >= 11 is 0. The minimum absolute atomic E-state index is 0.0286. The molecule has 0 aliphatic heterocycles. The Balaban J connectivity index is 2.22. The smallest absolute Gasteiger partial charge is 0.354 e. The molecule has 0 unspecified atom stereocenters. The molecule has 1 fully saturated rings. The molecule has 0 saturated heterocycles. The number of carbonyl (C=O) groups is 2. The Hall–Kier alpha value is -1.78. The zero-order valence-corrected chi connectivity index (χ0v) is 9.14. The monoisotopic (exact) mass is 223 g/mol. The van der Waals surface area contributed by atoms with Crippen molar-refractivity contribution in [1.82, 2.24) is 4.57 Å². The Morgan fingerprint density at radius 2 is 2.19 bits per heavy atom. The zero-order valence-electron chi connectivity index (χ0n) is 9.14. The highest BCUT2D eigenvalue weighted by molar-refractivity contribution is 5.88. The number of nitrogens with zero attached hydrogens (tertiary/aromatic N) is 1. The van der Waals surface area contributed by atoms with Gasteiger partial charge in [0.15, 0.2) is 0 Å². The summed E-state index contributed by atoms with van der Waals surface area (Å²) in [6, 6.07) is 3.46. The number of aromatic nitrogens is 1. The molecule has 2 atom stereocenters. The van der Waals surface area contributed by atoms with Gasteiger partial charge in [-0.15, -0.1) is 0 Å². The van der Waals surface area contributed by atoms with E-state index in [1.165, 1.54) is 7.11 Å². The van der Waals surface area contributed by atoms with E-state index in [1.807, 2.05) is 0 Å². The summed E-state index contributed by atoms with van der Waals surface area (Å²) in [6.07, 6.45) is 0.647. The van der Waals surface area contributed by atoms with Crippen molar-refractivity contribution in [2.24, 2.45) is 13.0 Å². The highest BCUT2D eigenvalue weighted by Gasteiger charge is 2.45. The lowest BCUT2D eigenvalue weighted by Crippen LogP contribution is -2.09. The molecule has 16 heavy (non-hydrogen) atoms. The van der Waals surface area contributed by atoms with Crippen LogP contribution in [0.5, 0.6) is 0 Å². The molecule has 0 amide bonds. The fraction of sp³-hybridized carbons (Fsp3) is 0.455. The topological polar surface area (TPSA) is 68.5 Å². The first kappa shape index (κ1) is 10.7. The highest BCUT2D eigenvalue weighted by Crippen LogP contribution is 2.47. The lowest BCUT2D eigenvalue weighted by atomic mass is 10.2. The highest BCUT2D eigenvalue weighted by atomic mass is 16.5. The van der Waals surface area contributed by atoms with E-state index in [0.717, 1.165) is 5.69 Å². The first-order valence-electron chi connectivity index (χ1n) is 5.03. The van der Waals surface area contributed by atoms with Crippen LogP contribution in [0.2, 0.25) is 0 Å². The van der Waals surface area contributed by atoms with Gasteiger partial charge in [-0.1, -0.05) is 0 Å². The molecule has 1 N–H and O–H groups in total. The second kappa shape index (κ2) is 3.66. The molecule has 5 nitrogen and oxygen atoms in total. The zero-order chi connectivity index (χ0) is 11.9. The largest absolute Gasteiger partial charge is 0.481 e. The lowest BCUT2D eigenvalue weighted by molar-refractivity contribution is -0.138. The van der Waals surface area contributed by atoms with Crippen LogP contribution in [0.15, 0.2) is 12.1 Å². The third-order valence-corrected chi connectivity index (χ3v) is 3.04. The van der Waals surface area contributed by atoms with E-state index in [4.69, 9.17) is 5.11 Å². The van der Waals surface area contributed by atoms with Crippen molar-refractivity contribution in [3.63, 3.8) is 0 Å². The minimum Gasteiger partial charge on any atom is -0.481 e. The lowest BCUT2D eigenvalue weighted by Gasteiger charge is -2.05. The second-order valence-electron chi connectivity index (χ2n) is 3.98. The summed E-state index contributed by atoms with van der Waals surface area (Å²) in [5.41, 5.74) is 1.33. The Labute approximate surface area is 92.6 Å². The Bertz CT molecular complexity index is 449. The standard InChI is InChI=1S/C11H13NO4/c1-12-8(6-5-7(6)10(13)14)3-4-9(12)11(15)16-2/h3-4,6-7H,5H2,1-2H3,(H,13,14)/t6-,7-/m1/s1. The maximum absolute atomic E-state index is 11.3. The number of carboxylic acids is 1. The van der Waals surface area contributed by atoms with Gasteiger partial charge in [0.05, 0.1) is 13.0 Å². The predicted molar refractivity (Wildman–Crippen MR) is 55.2 cm³/mol. The van der Waals surface area contributed by atoms with Crippen LogP contribution in [-0.2, 0) is 16.6 Å². The van der Waals surface area contributed by atoms with Gasteiger partial charge in [0.2, 0.25) is 0 Å². The number of methoxy groups -OCH3 is 1. The van der Waals surface area contributed by atoms with E-state index in [9.17, 15) is 9.59 Å². The van der Waals surface area contributed by atoms with Crippen LogP contribution >= 0.6 is 0 Å². The van der Waals surface area contributed by atoms with Crippen molar-refractivity contribution >= 4 is 11.9 Å². The molecule has 0 bridgehead atoms. The third kappa shape index (κ3) is 1.58. The Morgan fingerprint density at radius 1 is 1.50 bits per heavy atom. The minimum atomic E-state index is -0.772. The van der Waals surface area contributed by atoms with Crippen LogP contribution in [0.25, 0.3) is 0 Å². The van der Waals surface area contributed by atoms with Crippen LogP contribution in [0, 0.1) is 5.92 Å². The summed E-state index contributed by atoms with van der Waals surface area (Å²) in [4.78, 5) is 22.1. The molecule has 0 radical (unpaired) electrons. The fourth-order valence-corrected chi connectivity index (χ4v) is 2.00. The maximum atomic E-state index is 11.3. The number of carboxylic acid groups (broad SMARTS) is 1. The predicted octanol–water partition coefficient (Wildman–Crippen LogP) is 1.000. The van der Waals surface area contributed by atoms with Gasteiger partial charge in [-0.2, -0.15) is 0 Å². The van der Waals surface area contributed by atoms with Crippen LogP contribution in [0.3, 0.4) is 0 Å². The van der Waals surface area contributed by atoms with E-state index in [0.29, 0.717) is 12.1 Å². The SMILES string of the molecule is COC(=O)c1ccc([C@@H]2C[C@H]2C(=O)O)n1C. The number of carbonyl (C=O) groups excluding carboxylic acids is 1. The molecule has 1 aromatic rings. The van der Waals surface area contributed by atoms with Gasteiger partial charge in [0.25, 0.3) is 0 Å². The fourth-order valence-electron chi connectivity index (χ4n) is 2.00. The molecular weight excluding hydrogens is 210 g/mol. The van der Waals surface area contributed by atoms with Crippen LogP contribution in [-0.4, -0.2) is 28.7 Å². The van der Waals surface area contributed by atoms with Crippen LogP contribution in [0.1, 0.15) is 28.5 Å². The number of ether oxygens (including phenoxy) is 1. The number of rotatable bonds is 3. The van der Waals surface area contributed by atoms with Gasteiger partial charge < -0.3 is 14.4 Å². The quantitative estimate of drug-likeness (QED) is 0.776. The molecule has 1 heterocycles. The number of esters is 1. The van der Waals surface area contributed by atoms with E-state index in [2.05, 4.69) is 4.74 Å². The molecule has 86 valence electrons. The second-order valence-corrected chi connectivity index (χ2v) is 3.98. The van der Waals surface area contributed by atoms with Crippen LogP contribution < -0.4 is 0 Å². The number of hydrogen-bond donors (Lipinski definition) is 1. The molecule has 1 aliphatic carbocycles. The van der Waals surface area contributed by atoms with E-state index >= 15 is 0 Å². The van der Waals surface area contributed by atoms with Crippen LogP contribution in [0.4, 0.5) is 0 Å². The molecule has 2 rings (SSSR count). The molecule has 0 aromatic carbocycles. The molecule has 1 aliphatic rings. The van der Waals surface area contributed by atoms with Gasteiger partial charge in [-0.25, -0.2) is 4.79 Å². The van der Waals surface area contributed by atoms with Gasteiger partial charge in [-0.05, 0) is 18.6 Å². The van der Waals surface area contributed by atoms with Gasteiger partial charge >= 0.3 is 11.9 Å². The summed E-state index contributed by atoms with van der Waals surface area (Å²) in [6.45, 7) is 0. The molecule has 1 aromatic heterocycles. The molecule has 0 spiro atoms. The van der Waals surface area contributed by atoms with E-state index < -0.39 is 11.9 Å². The van der Waals surface area contributed by atoms with Crippen molar-refractivity contribution in [3.8, 4) is 0 Å². The van der Waals surface area contributed by atoms with Crippen molar-refractivity contribution < 1.29 is 19.4 Å². The van der Waals surface area contributed by atoms with Crippen molar-refractivity contribution in [2.45, 2.75) is 12.3 Å². The Morgan fingerprint density at radius 3 is 2.69 bits per heavy atom. The molecular formula is C11H13NO4. The normalized spacial score (nSPS) is 22.9. The maximum Gasteiger partial charge on any atom is 0.354 e. The van der Waals surface area contributed by atoms with Gasteiger partial charge in [0, 0.05) is 18.7 Å². The van der Waals surface area contributed by atoms with Gasteiger partial charge in [-0.3, -0.25) is 4.79 Å². The van der Waals surface area contributed by atoms with Gasteiger partial charge in [0.1, 0.15) is 5.69 Å². The van der Waals surface area contributed by atoms with Crippen molar-refractivity contribution in [1.29, 1.82) is 0 Å². The summed E-state index contributed by atoms with van der Waals surface area (Å²) in [5.74, 6) is -1.45. The average Bonchev–Trinajstić information content (AvgIpc) is 2.96. The first-order valence-corrected chi connectivity index (χ1v) is 5.03. The molecule has 1 saturated carbocycles. The number of aliphatic carboxylic acids is 1. The summed E-state index contributed by atoms with van der Waals surface area (Å²) in [7, 11) is 3.07. The summed E-state index contributed by atoms with van der Waals surface area (Å²) < 4.78 is 6.34. The third-order valence-electron chi connectivity index (χ3n) is 3.04. The average molecular weight is 223 g/mol. The van der Waals surface area contributed by atoms with E-state index in [1.54, 1.807) is 23.7 Å². The van der Waals surface area contributed by atoms with Crippen molar-refractivity contribution in [2.75, 3.05) is 7.11 Å². The van der Waals surface area contributed by atoms with E-state index in [-0.39, 0.29) is 11.8 Å². The molecule has 5 heteroatoms. The van der Waals surface area contributed by atoms with Crippen molar-refractivity contribution in [3.05, 3.63) is 23.5 Å². The summed E-state index contributed by atoms with van der Waals surface area (Å²) in [5, 5.41) is 8.84.